The van der Waals surface area contributed by atoms with E-state index in [4.69, 9.17) is 35.2 Å². The molecule has 218 valence electrons. The van der Waals surface area contributed by atoms with E-state index in [-0.39, 0.29) is 12.2 Å². The molecule has 0 radical (unpaired) electrons. The summed E-state index contributed by atoms with van der Waals surface area (Å²) in [5.41, 5.74) is 3.05. The number of benzene rings is 2. The number of nitrogens with zero attached hydrogens (tertiary/aromatic N) is 2. The number of hydrogen-bond donors (Lipinski definition) is 0. The largest absolute Gasteiger partial charge is 0.497 e. The van der Waals surface area contributed by atoms with Gasteiger partial charge in [-0.3, -0.25) is 9.36 Å². The van der Waals surface area contributed by atoms with Crippen molar-refractivity contribution in [2.45, 2.75) is 39.7 Å². The molecule has 3 heterocycles. The minimum absolute atomic E-state index is 0.182. The van der Waals surface area contributed by atoms with E-state index in [0.29, 0.717) is 60.6 Å². The molecule has 0 bridgehead atoms. The maximum atomic E-state index is 14.1. The summed E-state index contributed by atoms with van der Waals surface area (Å²) in [7, 11) is 3.11. The molecular formula is C32H31ClN2O6S. The highest BCUT2D eigenvalue weighted by Crippen LogP contribution is 2.39. The Balaban J connectivity index is 1.73. The summed E-state index contributed by atoms with van der Waals surface area (Å²) in [6.07, 6.45) is 2.97. The number of rotatable bonds is 9. The quantitative estimate of drug-likeness (QED) is 0.223. The Labute approximate surface area is 252 Å². The molecule has 0 spiro atoms. The van der Waals surface area contributed by atoms with E-state index < -0.39 is 12.0 Å². The molecule has 0 aliphatic carbocycles. The molecule has 0 N–H and O–H groups in total. The number of methoxy groups -OCH3 is 2. The number of aryl methyl sites for hydroxylation is 1. The van der Waals surface area contributed by atoms with Crippen molar-refractivity contribution in [2.75, 3.05) is 20.8 Å². The van der Waals surface area contributed by atoms with E-state index >= 15 is 0 Å². The summed E-state index contributed by atoms with van der Waals surface area (Å²) in [6.45, 7) is 5.92. The minimum atomic E-state index is -0.838. The number of fused-ring (bicyclic) bond motifs is 1. The molecule has 1 atom stereocenters. The topological polar surface area (TPSA) is 92.3 Å². The van der Waals surface area contributed by atoms with Crippen LogP contribution >= 0.6 is 22.9 Å². The second kappa shape index (κ2) is 12.4. The third kappa shape index (κ3) is 5.54. The molecule has 0 fully saturated rings. The van der Waals surface area contributed by atoms with E-state index in [1.165, 1.54) is 15.9 Å². The van der Waals surface area contributed by atoms with Gasteiger partial charge in [0.2, 0.25) is 0 Å². The number of esters is 1. The lowest BCUT2D eigenvalue weighted by molar-refractivity contribution is -0.139. The molecule has 0 unspecified atom stereocenters. The van der Waals surface area contributed by atoms with Crippen molar-refractivity contribution in [3.05, 3.63) is 101 Å². The first kappa shape index (κ1) is 29.4. The predicted molar refractivity (Wildman–Crippen MR) is 163 cm³/mol. The van der Waals surface area contributed by atoms with Crippen LogP contribution in [-0.4, -0.2) is 31.4 Å². The van der Waals surface area contributed by atoms with Crippen molar-refractivity contribution < 1.29 is 23.4 Å². The zero-order valence-electron chi connectivity index (χ0n) is 24.0. The number of carbonyl (C=O) groups excluding carboxylic acids is 1. The van der Waals surface area contributed by atoms with Gasteiger partial charge in [0.05, 0.1) is 36.6 Å². The molecule has 0 amide bonds. The van der Waals surface area contributed by atoms with Gasteiger partial charge in [0.1, 0.15) is 29.1 Å². The fourth-order valence-corrected chi connectivity index (χ4v) is 6.20. The standard InChI is InChI=1S/C32H31ClN2O6S/c1-6-8-24-28(31(37)40-7-2)29(23-16-20(38-4)11-13-25(23)39-5)35-30(36)27(42-32(35)34-24)17-21-12-14-26(41-21)22-15-19(33)10-9-18(22)3/h9-17,29H,6-8H2,1-5H3/b27-17-/t29-/m0/s1. The Kier molecular flexibility index (Phi) is 8.70. The first-order chi connectivity index (χ1) is 20.3. The first-order valence-corrected chi connectivity index (χ1v) is 14.8. The lowest BCUT2D eigenvalue weighted by Gasteiger charge is -2.27. The Morgan fingerprint density at radius 3 is 2.64 bits per heavy atom. The third-order valence-electron chi connectivity index (χ3n) is 6.99. The smallest absolute Gasteiger partial charge is 0.338 e. The van der Waals surface area contributed by atoms with Crippen molar-refractivity contribution in [1.29, 1.82) is 0 Å². The molecule has 2 aromatic heterocycles. The Hall–Kier alpha value is -4.08. The van der Waals surface area contributed by atoms with E-state index in [0.717, 1.165) is 17.5 Å². The lowest BCUT2D eigenvalue weighted by atomic mass is 9.93. The highest BCUT2D eigenvalue weighted by molar-refractivity contribution is 7.07. The van der Waals surface area contributed by atoms with Crippen LogP contribution in [0.3, 0.4) is 0 Å². The van der Waals surface area contributed by atoms with Gasteiger partial charge in [0.25, 0.3) is 5.56 Å². The van der Waals surface area contributed by atoms with E-state index in [9.17, 15) is 9.59 Å². The van der Waals surface area contributed by atoms with Crippen molar-refractivity contribution in [1.82, 2.24) is 4.57 Å². The highest BCUT2D eigenvalue weighted by Gasteiger charge is 2.36. The van der Waals surface area contributed by atoms with Crippen LogP contribution in [-0.2, 0) is 9.53 Å². The van der Waals surface area contributed by atoms with Gasteiger partial charge in [0.15, 0.2) is 4.80 Å². The van der Waals surface area contributed by atoms with Crippen LogP contribution in [0.4, 0.5) is 0 Å². The third-order valence-corrected chi connectivity index (χ3v) is 8.21. The second-order valence-corrected chi connectivity index (χ2v) is 11.1. The van der Waals surface area contributed by atoms with E-state index in [1.54, 1.807) is 45.4 Å². The minimum Gasteiger partial charge on any atom is -0.497 e. The van der Waals surface area contributed by atoms with Crippen molar-refractivity contribution >= 4 is 35.0 Å². The molecule has 8 nitrogen and oxygen atoms in total. The first-order valence-electron chi connectivity index (χ1n) is 13.6. The summed E-state index contributed by atoms with van der Waals surface area (Å²) >= 11 is 7.45. The number of halogens is 1. The zero-order valence-corrected chi connectivity index (χ0v) is 25.6. The summed E-state index contributed by atoms with van der Waals surface area (Å²) in [4.78, 5) is 32.9. The number of aromatic nitrogens is 1. The average molecular weight is 607 g/mol. The molecule has 1 aliphatic rings. The second-order valence-electron chi connectivity index (χ2n) is 9.68. The van der Waals surface area contributed by atoms with Crippen LogP contribution in [0.2, 0.25) is 5.02 Å². The molecule has 1 aliphatic heterocycles. The van der Waals surface area contributed by atoms with Gasteiger partial charge in [0, 0.05) is 22.2 Å². The fraction of sp³-hybridized carbons (Fsp3) is 0.281. The Morgan fingerprint density at radius 1 is 1.12 bits per heavy atom. The maximum absolute atomic E-state index is 14.1. The molecule has 42 heavy (non-hydrogen) atoms. The van der Waals surface area contributed by atoms with E-state index in [1.807, 2.05) is 44.2 Å². The van der Waals surface area contributed by atoms with Crippen LogP contribution in [0.15, 0.2) is 74.0 Å². The Bertz CT molecular complexity index is 1870. The molecular weight excluding hydrogens is 576 g/mol. The molecule has 4 aromatic rings. The van der Waals surface area contributed by atoms with Crippen molar-refractivity contribution in [3.8, 4) is 22.8 Å². The summed E-state index contributed by atoms with van der Waals surface area (Å²) in [5, 5.41) is 0.607. The number of furan rings is 1. The number of carbonyl (C=O) groups is 1. The molecule has 0 saturated heterocycles. The summed E-state index contributed by atoms with van der Waals surface area (Å²) < 4.78 is 24.7. The van der Waals surface area contributed by atoms with Gasteiger partial charge in [-0.05, 0) is 68.3 Å². The lowest BCUT2D eigenvalue weighted by Crippen LogP contribution is -2.40. The van der Waals surface area contributed by atoms with Gasteiger partial charge in [-0.2, -0.15) is 0 Å². The molecule has 5 rings (SSSR count). The zero-order chi connectivity index (χ0) is 30.0. The van der Waals surface area contributed by atoms with Gasteiger partial charge < -0.3 is 18.6 Å². The van der Waals surface area contributed by atoms with Crippen molar-refractivity contribution in [3.63, 3.8) is 0 Å². The number of hydrogen-bond acceptors (Lipinski definition) is 8. The molecule has 0 saturated carbocycles. The number of allylic oxidation sites excluding steroid dienone is 1. The van der Waals surface area contributed by atoms with Gasteiger partial charge >= 0.3 is 5.97 Å². The average Bonchev–Trinajstić information content (AvgIpc) is 3.57. The maximum Gasteiger partial charge on any atom is 0.338 e. The van der Waals surface area contributed by atoms with Crippen LogP contribution in [0.5, 0.6) is 11.5 Å². The number of thiazole rings is 1. The predicted octanol–water partition coefficient (Wildman–Crippen LogP) is 5.82. The Morgan fingerprint density at radius 2 is 1.93 bits per heavy atom. The van der Waals surface area contributed by atoms with Gasteiger partial charge in [-0.25, -0.2) is 9.79 Å². The van der Waals surface area contributed by atoms with E-state index in [2.05, 4.69) is 0 Å². The fourth-order valence-electron chi connectivity index (χ4n) is 5.03. The summed E-state index contributed by atoms with van der Waals surface area (Å²) in [6, 6.07) is 13.7. The van der Waals surface area contributed by atoms with Gasteiger partial charge in [-0.15, -0.1) is 0 Å². The van der Waals surface area contributed by atoms with Crippen LogP contribution in [0.1, 0.15) is 49.6 Å². The SMILES string of the molecule is CCCC1=C(C(=O)OCC)[C@H](c2cc(OC)ccc2OC)n2c(s/c(=C\c3ccc(-c4cc(Cl)ccc4C)o3)c2=O)=N1. The van der Waals surface area contributed by atoms with Gasteiger partial charge in [-0.1, -0.05) is 42.3 Å². The molecule has 2 aromatic carbocycles. The highest BCUT2D eigenvalue weighted by atomic mass is 35.5. The van der Waals surface area contributed by atoms with Crippen LogP contribution < -0.4 is 24.4 Å². The monoisotopic (exact) mass is 606 g/mol. The number of ether oxygens (including phenoxy) is 3. The van der Waals surface area contributed by atoms with Crippen LogP contribution in [0.25, 0.3) is 17.4 Å². The van der Waals surface area contributed by atoms with Crippen LogP contribution in [0, 0.1) is 6.92 Å². The summed E-state index contributed by atoms with van der Waals surface area (Å²) in [5.74, 6) is 1.68. The molecule has 10 heteroatoms. The normalized spacial score (nSPS) is 14.9. The van der Waals surface area contributed by atoms with Crippen molar-refractivity contribution in [2.24, 2.45) is 4.99 Å².